The molecule has 0 bridgehead atoms. The van der Waals surface area contributed by atoms with Crippen LogP contribution in [0.1, 0.15) is 27.6 Å². The maximum Gasteiger partial charge on any atom is 0.339 e. The van der Waals surface area contributed by atoms with Crippen molar-refractivity contribution in [2.24, 2.45) is 0 Å². The van der Waals surface area contributed by atoms with E-state index in [0.717, 1.165) is 16.6 Å². The van der Waals surface area contributed by atoms with Crippen molar-refractivity contribution in [3.05, 3.63) is 71.9 Å². The van der Waals surface area contributed by atoms with Crippen molar-refractivity contribution in [2.45, 2.75) is 6.92 Å². The molecule has 0 aliphatic carbocycles. The fraction of sp³-hybridized carbons (Fsp3) is 0.261. The lowest BCUT2D eigenvalue weighted by molar-refractivity contribution is 0.0525. The van der Waals surface area contributed by atoms with E-state index in [1.807, 2.05) is 53.4 Å². The lowest BCUT2D eigenvalue weighted by Crippen LogP contribution is -2.49. The molecule has 4 rings (SSSR count). The minimum Gasteiger partial charge on any atom is -0.462 e. The Hall–Kier alpha value is -3.41. The van der Waals surface area contributed by atoms with Crippen molar-refractivity contribution in [2.75, 3.05) is 37.7 Å². The number of aromatic nitrogens is 1. The van der Waals surface area contributed by atoms with Crippen molar-refractivity contribution in [1.82, 2.24) is 9.88 Å². The average molecular weight is 389 g/mol. The van der Waals surface area contributed by atoms with Crippen LogP contribution in [-0.4, -0.2) is 54.5 Å². The van der Waals surface area contributed by atoms with Crippen molar-refractivity contribution in [1.29, 1.82) is 0 Å². The number of fused-ring (bicyclic) bond motifs is 1. The summed E-state index contributed by atoms with van der Waals surface area (Å²) in [6.07, 6.45) is 1.54. The summed E-state index contributed by atoms with van der Waals surface area (Å²) < 4.78 is 4.99. The van der Waals surface area contributed by atoms with Gasteiger partial charge in [-0.3, -0.25) is 4.79 Å². The summed E-state index contributed by atoms with van der Waals surface area (Å²) in [6, 6.07) is 17.4. The molecule has 0 saturated carbocycles. The van der Waals surface area contributed by atoms with Gasteiger partial charge in [0.1, 0.15) is 5.82 Å². The van der Waals surface area contributed by atoms with E-state index in [0.29, 0.717) is 43.9 Å². The second-order valence-electron chi connectivity index (χ2n) is 6.97. The third-order valence-corrected chi connectivity index (χ3v) is 5.15. The molecule has 1 aromatic heterocycles. The number of esters is 1. The summed E-state index contributed by atoms with van der Waals surface area (Å²) in [5.41, 5.74) is 1.16. The lowest BCUT2D eigenvalue weighted by atomic mass is 10.1. The molecule has 0 radical (unpaired) electrons. The molecule has 0 N–H and O–H groups in total. The van der Waals surface area contributed by atoms with E-state index >= 15 is 0 Å². The average Bonchev–Trinajstić information content (AvgIpc) is 2.78. The highest BCUT2D eigenvalue weighted by atomic mass is 16.5. The number of carbonyl (C=O) groups is 2. The van der Waals surface area contributed by atoms with E-state index in [-0.39, 0.29) is 11.9 Å². The number of amides is 1. The Labute approximate surface area is 169 Å². The quantitative estimate of drug-likeness (QED) is 0.640. The fourth-order valence-electron chi connectivity index (χ4n) is 3.55. The number of piperazine rings is 1. The number of nitrogens with zero attached hydrogens (tertiary/aromatic N) is 3. The van der Waals surface area contributed by atoms with Crippen LogP contribution in [0.5, 0.6) is 0 Å². The number of hydrogen-bond acceptors (Lipinski definition) is 5. The van der Waals surface area contributed by atoms with Crippen LogP contribution in [0.25, 0.3) is 10.8 Å². The Morgan fingerprint density at radius 3 is 2.34 bits per heavy atom. The molecule has 148 valence electrons. The third kappa shape index (κ3) is 4.06. The molecule has 3 aromatic rings. The Bertz CT molecular complexity index is 1020. The maximum absolute atomic E-state index is 12.9. The van der Waals surface area contributed by atoms with E-state index in [1.54, 1.807) is 19.2 Å². The van der Waals surface area contributed by atoms with Crippen LogP contribution in [0.4, 0.5) is 5.82 Å². The summed E-state index contributed by atoms with van der Waals surface area (Å²) in [4.78, 5) is 33.1. The fourth-order valence-corrected chi connectivity index (χ4v) is 3.55. The summed E-state index contributed by atoms with van der Waals surface area (Å²) in [5, 5.41) is 2.20. The molecule has 1 aliphatic heterocycles. The van der Waals surface area contributed by atoms with Crippen molar-refractivity contribution < 1.29 is 14.3 Å². The highest BCUT2D eigenvalue weighted by Crippen LogP contribution is 2.19. The van der Waals surface area contributed by atoms with Crippen LogP contribution < -0.4 is 4.90 Å². The molecule has 1 saturated heterocycles. The van der Waals surface area contributed by atoms with Gasteiger partial charge in [0.05, 0.1) is 12.2 Å². The number of hydrogen-bond donors (Lipinski definition) is 0. The molecule has 2 heterocycles. The van der Waals surface area contributed by atoms with Gasteiger partial charge in [-0.15, -0.1) is 0 Å². The summed E-state index contributed by atoms with van der Waals surface area (Å²) in [6.45, 7) is 4.78. The third-order valence-electron chi connectivity index (χ3n) is 5.15. The van der Waals surface area contributed by atoms with E-state index in [2.05, 4.69) is 9.88 Å². The number of benzene rings is 2. The standard InChI is InChI=1S/C23H23N3O3/c1-2-29-23(28)20-9-10-21(24-16-20)25-11-13-26(14-12-25)22(27)19-8-7-17-5-3-4-6-18(17)15-19/h3-10,15-16H,2,11-14H2,1H3. The number of carbonyl (C=O) groups excluding carboxylic acids is 2. The molecular formula is C23H23N3O3. The first-order valence-corrected chi connectivity index (χ1v) is 9.82. The van der Waals surface area contributed by atoms with Crippen LogP contribution in [0, 0.1) is 0 Å². The summed E-state index contributed by atoms with van der Waals surface area (Å²) in [7, 11) is 0. The Morgan fingerprint density at radius 1 is 0.931 bits per heavy atom. The minimum absolute atomic E-state index is 0.0565. The Kier molecular flexibility index (Phi) is 5.42. The Morgan fingerprint density at radius 2 is 1.66 bits per heavy atom. The van der Waals surface area contributed by atoms with Crippen molar-refractivity contribution in [3.63, 3.8) is 0 Å². The minimum atomic E-state index is -0.364. The predicted octanol–water partition coefficient (Wildman–Crippen LogP) is 3.37. The Balaban J connectivity index is 1.39. The van der Waals surface area contributed by atoms with Gasteiger partial charge in [0.15, 0.2) is 0 Å². The van der Waals surface area contributed by atoms with Crippen molar-refractivity contribution in [3.8, 4) is 0 Å². The van der Waals surface area contributed by atoms with Gasteiger partial charge < -0.3 is 14.5 Å². The molecular weight excluding hydrogens is 366 g/mol. The second-order valence-corrected chi connectivity index (χ2v) is 6.97. The SMILES string of the molecule is CCOC(=O)c1ccc(N2CCN(C(=O)c3ccc4ccccc4c3)CC2)nc1. The maximum atomic E-state index is 12.9. The molecule has 2 aromatic carbocycles. The molecule has 1 amide bonds. The number of rotatable bonds is 4. The first-order valence-electron chi connectivity index (χ1n) is 9.82. The molecule has 0 spiro atoms. The normalized spacial score (nSPS) is 14.1. The van der Waals surface area contributed by atoms with Crippen molar-refractivity contribution >= 4 is 28.5 Å². The van der Waals surface area contributed by atoms with Crippen LogP contribution in [0.15, 0.2) is 60.8 Å². The molecule has 0 atom stereocenters. The topological polar surface area (TPSA) is 62.7 Å². The highest BCUT2D eigenvalue weighted by molar-refractivity contribution is 5.98. The zero-order valence-electron chi connectivity index (χ0n) is 16.4. The van der Waals surface area contributed by atoms with Crippen LogP contribution in [-0.2, 0) is 4.74 Å². The molecule has 6 heteroatoms. The van der Waals surface area contributed by atoms with Gasteiger partial charge in [0, 0.05) is 37.9 Å². The monoisotopic (exact) mass is 389 g/mol. The van der Waals surface area contributed by atoms with Gasteiger partial charge >= 0.3 is 5.97 Å². The molecule has 6 nitrogen and oxygen atoms in total. The van der Waals surface area contributed by atoms with Crippen LogP contribution >= 0.6 is 0 Å². The second kappa shape index (κ2) is 8.31. The molecule has 1 aliphatic rings. The zero-order chi connectivity index (χ0) is 20.2. The zero-order valence-corrected chi connectivity index (χ0v) is 16.4. The van der Waals surface area contributed by atoms with Gasteiger partial charge in [0.2, 0.25) is 0 Å². The molecule has 0 unspecified atom stereocenters. The number of ether oxygens (including phenoxy) is 1. The predicted molar refractivity (Wildman–Crippen MR) is 112 cm³/mol. The van der Waals surface area contributed by atoms with Gasteiger partial charge in [-0.2, -0.15) is 0 Å². The largest absolute Gasteiger partial charge is 0.462 e. The first kappa shape index (κ1) is 18.9. The first-order chi connectivity index (χ1) is 14.2. The van der Waals surface area contributed by atoms with E-state index in [9.17, 15) is 9.59 Å². The van der Waals surface area contributed by atoms with E-state index in [1.165, 1.54) is 0 Å². The van der Waals surface area contributed by atoms with Crippen LogP contribution in [0.2, 0.25) is 0 Å². The highest BCUT2D eigenvalue weighted by Gasteiger charge is 2.23. The van der Waals surface area contributed by atoms with E-state index < -0.39 is 0 Å². The van der Waals surface area contributed by atoms with Gasteiger partial charge in [-0.05, 0) is 42.0 Å². The number of anilines is 1. The summed E-state index contributed by atoms with van der Waals surface area (Å²) >= 11 is 0. The number of pyridine rings is 1. The summed E-state index contributed by atoms with van der Waals surface area (Å²) in [5.74, 6) is 0.495. The van der Waals surface area contributed by atoms with Gasteiger partial charge in [-0.25, -0.2) is 9.78 Å². The lowest BCUT2D eigenvalue weighted by Gasteiger charge is -2.35. The van der Waals surface area contributed by atoms with Gasteiger partial charge in [-0.1, -0.05) is 30.3 Å². The molecule has 1 fully saturated rings. The van der Waals surface area contributed by atoms with Gasteiger partial charge in [0.25, 0.3) is 5.91 Å². The molecule has 29 heavy (non-hydrogen) atoms. The van der Waals surface area contributed by atoms with E-state index in [4.69, 9.17) is 4.74 Å². The van der Waals surface area contributed by atoms with Crippen LogP contribution in [0.3, 0.4) is 0 Å². The smallest absolute Gasteiger partial charge is 0.339 e.